The summed E-state index contributed by atoms with van der Waals surface area (Å²) < 4.78 is 0. The molecule has 0 saturated heterocycles. The van der Waals surface area contributed by atoms with E-state index in [1.807, 2.05) is 13.8 Å². The summed E-state index contributed by atoms with van der Waals surface area (Å²) in [6.07, 6.45) is 1.29. The van der Waals surface area contributed by atoms with Gasteiger partial charge in [0.1, 0.15) is 16.5 Å². The van der Waals surface area contributed by atoms with Crippen LogP contribution in [-0.2, 0) is 0 Å². The molecule has 0 atom stereocenters. The zero-order valence-corrected chi connectivity index (χ0v) is 11.2. The quantitative estimate of drug-likeness (QED) is 0.693. The third kappa shape index (κ3) is 3.11. The normalized spacial score (nSPS) is 11.3. The molecule has 1 aromatic heterocycles. The van der Waals surface area contributed by atoms with Crippen LogP contribution in [-0.4, -0.2) is 33.3 Å². The van der Waals surface area contributed by atoms with Gasteiger partial charge in [-0.05, 0) is 25.0 Å². The monoisotopic (exact) mass is 272 g/mol. The maximum atomic E-state index is 11.1. The summed E-state index contributed by atoms with van der Waals surface area (Å²) >= 11 is 5.77. The molecule has 0 aliphatic heterocycles. The van der Waals surface area contributed by atoms with Crippen LogP contribution in [0.25, 0.3) is 0 Å². The van der Waals surface area contributed by atoms with E-state index in [4.69, 9.17) is 16.7 Å². The predicted molar refractivity (Wildman–Crippen MR) is 70.2 cm³/mol. The molecule has 18 heavy (non-hydrogen) atoms. The Hall–Kier alpha value is -1.33. The van der Waals surface area contributed by atoms with Gasteiger partial charge in [0.2, 0.25) is 0 Å². The lowest BCUT2D eigenvalue weighted by atomic mass is 9.93. The number of anilines is 1. The Labute approximate surface area is 111 Å². The molecule has 1 aromatic rings. The highest BCUT2D eigenvalue weighted by molar-refractivity contribution is 6.29. The minimum Gasteiger partial charge on any atom is -0.478 e. The van der Waals surface area contributed by atoms with Gasteiger partial charge in [-0.3, -0.25) is 0 Å². The summed E-state index contributed by atoms with van der Waals surface area (Å²) in [5.74, 6) is -0.895. The van der Waals surface area contributed by atoms with Crippen molar-refractivity contribution >= 4 is 23.4 Å². The van der Waals surface area contributed by atoms with Gasteiger partial charge in [0.05, 0.1) is 12.1 Å². The van der Waals surface area contributed by atoms with E-state index in [-0.39, 0.29) is 23.1 Å². The average molecular weight is 273 g/mol. The second kappa shape index (κ2) is 6.02. The molecule has 3 N–H and O–H groups in total. The SMILES string of the molecule is CCC(CC)(CO)Nc1nc(Cl)ccc1C(=O)O. The van der Waals surface area contributed by atoms with Crippen LogP contribution in [0, 0.1) is 0 Å². The molecule has 0 bridgehead atoms. The highest BCUT2D eigenvalue weighted by atomic mass is 35.5. The standard InChI is InChI=1S/C12H17ClN2O3/c1-3-12(4-2,7-16)15-10-8(11(17)18)5-6-9(13)14-10/h5-6,16H,3-4,7H2,1-2H3,(H,14,15)(H,17,18). The van der Waals surface area contributed by atoms with E-state index in [0.717, 1.165) is 0 Å². The average Bonchev–Trinajstić information content (AvgIpc) is 2.36. The number of hydrogen-bond acceptors (Lipinski definition) is 4. The number of nitrogens with one attached hydrogen (secondary N) is 1. The number of aliphatic hydroxyl groups is 1. The van der Waals surface area contributed by atoms with Crippen molar-refractivity contribution in [3.8, 4) is 0 Å². The van der Waals surface area contributed by atoms with Crippen LogP contribution in [0.15, 0.2) is 12.1 Å². The molecule has 0 spiro atoms. The lowest BCUT2D eigenvalue weighted by molar-refractivity contribution is 0.0697. The first kappa shape index (κ1) is 14.7. The molecule has 0 aliphatic rings. The van der Waals surface area contributed by atoms with Crippen molar-refractivity contribution in [2.75, 3.05) is 11.9 Å². The Morgan fingerprint density at radius 2 is 2.06 bits per heavy atom. The number of nitrogens with zero attached hydrogens (tertiary/aromatic N) is 1. The highest BCUT2D eigenvalue weighted by Crippen LogP contribution is 2.24. The fourth-order valence-electron chi connectivity index (χ4n) is 1.64. The molecule has 1 rings (SSSR count). The molecule has 1 heterocycles. The molecule has 5 nitrogen and oxygen atoms in total. The van der Waals surface area contributed by atoms with Crippen LogP contribution < -0.4 is 5.32 Å². The van der Waals surface area contributed by atoms with Gasteiger partial charge in [-0.25, -0.2) is 9.78 Å². The van der Waals surface area contributed by atoms with E-state index in [2.05, 4.69) is 10.3 Å². The Balaban J connectivity index is 3.16. The van der Waals surface area contributed by atoms with Gasteiger partial charge in [-0.1, -0.05) is 25.4 Å². The molecule has 0 unspecified atom stereocenters. The van der Waals surface area contributed by atoms with E-state index >= 15 is 0 Å². The summed E-state index contributed by atoms with van der Waals surface area (Å²) in [5.41, 5.74) is -0.541. The molecule has 0 aliphatic carbocycles. The Bertz CT molecular complexity index is 425. The maximum absolute atomic E-state index is 11.1. The zero-order chi connectivity index (χ0) is 13.8. The summed E-state index contributed by atoms with van der Waals surface area (Å²) in [6, 6.07) is 2.82. The number of carboxylic acid groups (broad SMARTS) is 1. The second-order valence-electron chi connectivity index (χ2n) is 4.11. The van der Waals surface area contributed by atoms with Crippen molar-refractivity contribution in [1.29, 1.82) is 0 Å². The molecule has 0 aromatic carbocycles. The van der Waals surface area contributed by atoms with Crippen molar-refractivity contribution in [3.05, 3.63) is 22.8 Å². The molecule has 0 amide bonds. The van der Waals surface area contributed by atoms with Gasteiger partial charge in [-0.15, -0.1) is 0 Å². The summed E-state index contributed by atoms with van der Waals surface area (Å²) in [6.45, 7) is 3.72. The van der Waals surface area contributed by atoms with Gasteiger partial charge in [0.15, 0.2) is 0 Å². The van der Waals surface area contributed by atoms with E-state index in [1.165, 1.54) is 12.1 Å². The van der Waals surface area contributed by atoms with Crippen LogP contribution in [0.3, 0.4) is 0 Å². The summed E-state index contributed by atoms with van der Waals surface area (Å²) in [4.78, 5) is 15.1. The molecule has 0 radical (unpaired) electrons. The highest BCUT2D eigenvalue weighted by Gasteiger charge is 2.27. The number of carboxylic acids is 1. The van der Waals surface area contributed by atoms with E-state index in [0.29, 0.717) is 12.8 Å². The molecular weight excluding hydrogens is 256 g/mol. The van der Waals surface area contributed by atoms with Crippen molar-refractivity contribution in [1.82, 2.24) is 4.98 Å². The number of aromatic carboxylic acids is 1. The van der Waals surface area contributed by atoms with E-state index < -0.39 is 11.5 Å². The van der Waals surface area contributed by atoms with Crippen LogP contribution in [0.4, 0.5) is 5.82 Å². The van der Waals surface area contributed by atoms with Crippen molar-refractivity contribution in [3.63, 3.8) is 0 Å². The number of halogens is 1. The number of aliphatic hydroxyl groups excluding tert-OH is 1. The smallest absolute Gasteiger partial charge is 0.339 e. The maximum Gasteiger partial charge on any atom is 0.339 e. The number of hydrogen-bond donors (Lipinski definition) is 3. The molecule has 0 saturated carbocycles. The van der Waals surface area contributed by atoms with Gasteiger partial charge in [-0.2, -0.15) is 0 Å². The number of aromatic nitrogens is 1. The van der Waals surface area contributed by atoms with E-state index in [9.17, 15) is 9.90 Å². The number of rotatable bonds is 6. The minimum absolute atomic E-state index is 0.0409. The second-order valence-corrected chi connectivity index (χ2v) is 4.49. The molecular formula is C12H17ClN2O3. The van der Waals surface area contributed by atoms with Crippen molar-refractivity contribution in [2.45, 2.75) is 32.2 Å². The number of pyridine rings is 1. The number of carbonyl (C=O) groups is 1. The van der Waals surface area contributed by atoms with Gasteiger partial charge < -0.3 is 15.5 Å². The first-order valence-corrected chi connectivity index (χ1v) is 6.14. The fraction of sp³-hybridized carbons (Fsp3) is 0.500. The lowest BCUT2D eigenvalue weighted by Crippen LogP contribution is -2.41. The predicted octanol–water partition coefficient (Wildman–Crippen LogP) is 2.40. The van der Waals surface area contributed by atoms with Crippen molar-refractivity contribution < 1.29 is 15.0 Å². The molecule has 0 fully saturated rings. The fourth-order valence-corrected chi connectivity index (χ4v) is 1.79. The van der Waals surface area contributed by atoms with Crippen LogP contribution in [0.5, 0.6) is 0 Å². The lowest BCUT2D eigenvalue weighted by Gasteiger charge is -2.31. The Morgan fingerprint density at radius 1 is 1.44 bits per heavy atom. The summed E-state index contributed by atoms with van der Waals surface area (Å²) in [7, 11) is 0. The third-order valence-electron chi connectivity index (χ3n) is 3.13. The molecule has 100 valence electrons. The van der Waals surface area contributed by atoms with Gasteiger partial charge in [0.25, 0.3) is 0 Å². The Morgan fingerprint density at radius 3 is 2.50 bits per heavy atom. The summed E-state index contributed by atoms with van der Waals surface area (Å²) in [5, 5.41) is 21.8. The Kier molecular flexibility index (Phi) is 4.93. The van der Waals surface area contributed by atoms with E-state index in [1.54, 1.807) is 0 Å². The first-order valence-electron chi connectivity index (χ1n) is 5.77. The largest absolute Gasteiger partial charge is 0.478 e. The topological polar surface area (TPSA) is 82.5 Å². The van der Waals surface area contributed by atoms with Crippen molar-refractivity contribution in [2.24, 2.45) is 0 Å². The minimum atomic E-state index is -1.08. The molecule has 6 heteroatoms. The van der Waals surface area contributed by atoms with Crippen LogP contribution in [0.1, 0.15) is 37.0 Å². The van der Waals surface area contributed by atoms with Gasteiger partial charge in [0, 0.05) is 0 Å². The first-order chi connectivity index (χ1) is 8.48. The van der Waals surface area contributed by atoms with Crippen LogP contribution >= 0.6 is 11.6 Å². The third-order valence-corrected chi connectivity index (χ3v) is 3.34. The van der Waals surface area contributed by atoms with Crippen LogP contribution in [0.2, 0.25) is 5.15 Å². The van der Waals surface area contributed by atoms with Gasteiger partial charge >= 0.3 is 5.97 Å². The zero-order valence-electron chi connectivity index (χ0n) is 10.4.